The second-order valence-electron chi connectivity index (χ2n) is 6.73. The van der Waals surface area contributed by atoms with Gasteiger partial charge in [-0.15, -0.1) is 11.3 Å². The minimum absolute atomic E-state index is 0.0859. The lowest BCUT2D eigenvalue weighted by Gasteiger charge is -2.08. The fourth-order valence-electron chi connectivity index (χ4n) is 2.86. The van der Waals surface area contributed by atoms with Gasteiger partial charge in [-0.3, -0.25) is 23.9 Å². The summed E-state index contributed by atoms with van der Waals surface area (Å²) in [6.07, 6.45) is 5.61. The van der Waals surface area contributed by atoms with E-state index in [0.29, 0.717) is 36.1 Å². The van der Waals surface area contributed by atoms with Gasteiger partial charge in [-0.25, -0.2) is 4.98 Å². The van der Waals surface area contributed by atoms with Crippen molar-refractivity contribution in [1.82, 2.24) is 25.2 Å². The van der Waals surface area contributed by atoms with E-state index in [1.54, 1.807) is 12.4 Å². The molecule has 0 aliphatic carbocycles. The maximum atomic E-state index is 12.6. The van der Waals surface area contributed by atoms with Crippen LogP contribution < -0.4 is 16.2 Å². The zero-order valence-corrected chi connectivity index (χ0v) is 17.2. The molecule has 2 N–H and O–H groups in total. The third kappa shape index (κ3) is 5.26. The molecular formula is C20H23N5O3S. The summed E-state index contributed by atoms with van der Waals surface area (Å²) in [5.74, 6) is -0.370. The van der Waals surface area contributed by atoms with Crippen LogP contribution in [-0.2, 0) is 22.7 Å². The van der Waals surface area contributed by atoms with Crippen LogP contribution in [0.4, 0.5) is 0 Å². The molecule has 0 spiro atoms. The fourth-order valence-corrected chi connectivity index (χ4v) is 3.85. The van der Waals surface area contributed by atoms with Crippen LogP contribution in [-0.4, -0.2) is 32.9 Å². The first-order chi connectivity index (χ1) is 14.0. The molecule has 0 saturated heterocycles. The van der Waals surface area contributed by atoms with Crippen molar-refractivity contribution in [3.63, 3.8) is 0 Å². The van der Waals surface area contributed by atoms with Crippen LogP contribution in [0.1, 0.15) is 28.8 Å². The first kappa shape index (κ1) is 20.7. The molecule has 152 valence electrons. The molecule has 0 aliphatic rings. The molecule has 0 saturated carbocycles. The number of thiophene rings is 1. The van der Waals surface area contributed by atoms with Crippen molar-refractivity contribution in [1.29, 1.82) is 0 Å². The Morgan fingerprint density at radius 1 is 1.21 bits per heavy atom. The predicted molar refractivity (Wildman–Crippen MR) is 112 cm³/mol. The second kappa shape index (κ2) is 9.42. The van der Waals surface area contributed by atoms with Gasteiger partial charge in [0.1, 0.15) is 11.4 Å². The molecule has 2 amide bonds. The van der Waals surface area contributed by atoms with Gasteiger partial charge < -0.3 is 10.6 Å². The Labute approximate surface area is 172 Å². The Bertz CT molecular complexity index is 1070. The Hall–Kier alpha value is -3.07. The zero-order valence-electron chi connectivity index (χ0n) is 16.4. The minimum atomic E-state index is -0.284. The number of nitrogens with one attached hydrogen (secondary N) is 2. The van der Waals surface area contributed by atoms with Gasteiger partial charge in [0, 0.05) is 36.8 Å². The topological polar surface area (TPSA) is 106 Å². The summed E-state index contributed by atoms with van der Waals surface area (Å²) in [5, 5.41) is 6.13. The van der Waals surface area contributed by atoms with Gasteiger partial charge in [0.25, 0.3) is 5.56 Å². The van der Waals surface area contributed by atoms with Gasteiger partial charge in [0.05, 0.1) is 11.7 Å². The third-order valence-corrected chi connectivity index (χ3v) is 5.70. The zero-order chi connectivity index (χ0) is 20.8. The molecule has 0 atom stereocenters. The van der Waals surface area contributed by atoms with Crippen LogP contribution in [0.2, 0.25) is 0 Å². The lowest BCUT2D eigenvalue weighted by Crippen LogP contribution is -2.33. The van der Waals surface area contributed by atoms with Gasteiger partial charge >= 0.3 is 0 Å². The molecule has 0 fully saturated rings. The molecule has 9 heteroatoms. The van der Waals surface area contributed by atoms with Gasteiger partial charge in [0.15, 0.2) is 0 Å². The smallest absolute Gasteiger partial charge is 0.262 e. The van der Waals surface area contributed by atoms with Crippen molar-refractivity contribution in [2.45, 2.75) is 39.8 Å². The Morgan fingerprint density at radius 3 is 2.79 bits per heavy atom. The van der Waals surface area contributed by atoms with E-state index < -0.39 is 0 Å². The van der Waals surface area contributed by atoms with Gasteiger partial charge in [0.2, 0.25) is 11.8 Å². The highest BCUT2D eigenvalue weighted by Gasteiger charge is 2.13. The van der Waals surface area contributed by atoms with Crippen LogP contribution in [0.5, 0.6) is 0 Å². The molecule has 0 aromatic carbocycles. The minimum Gasteiger partial charge on any atom is -0.355 e. The van der Waals surface area contributed by atoms with Crippen molar-refractivity contribution in [2.24, 2.45) is 0 Å². The van der Waals surface area contributed by atoms with Crippen molar-refractivity contribution in [3.8, 4) is 0 Å². The summed E-state index contributed by atoms with van der Waals surface area (Å²) in [7, 11) is 0. The molecule has 8 nitrogen and oxygen atoms in total. The number of hydrogen-bond acceptors (Lipinski definition) is 6. The number of carbonyl (C=O) groups excluding carboxylic acids is 2. The highest BCUT2D eigenvalue weighted by Crippen LogP contribution is 2.25. The molecule has 0 aliphatic heterocycles. The largest absolute Gasteiger partial charge is 0.355 e. The number of nitrogens with zero attached hydrogens (tertiary/aromatic N) is 3. The Morgan fingerprint density at radius 2 is 2.03 bits per heavy atom. The molecule has 0 bridgehead atoms. The van der Waals surface area contributed by atoms with Crippen molar-refractivity contribution in [3.05, 3.63) is 57.2 Å². The maximum absolute atomic E-state index is 12.6. The number of aryl methyl sites for hydroxylation is 2. The van der Waals surface area contributed by atoms with Crippen LogP contribution >= 0.6 is 11.3 Å². The SMILES string of the molecule is Cc1sc2ncn(CC(=O)NCCCC(=O)NCc3cccnc3)c(=O)c2c1C. The highest BCUT2D eigenvalue weighted by molar-refractivity contribution is 7.18. The average Bonchev–Trinajstić information content (AvgIpc) is 3.01. The van der Waals surface area contributed by atoms with Crippen LogP contribution in [0.15, 0.2) is 35.6 Å². The van der Waals surface area contributed by atoms with E-state index in [0.717, 1.165) is 16.0 Å². The summed E-state index contributed by atoms with van der Waals surface area (Å²) in [5.41, 5.74) is 1.64. The summed E-state index contributed by atoms with van der Waals surface area (Å²) < 4.78 is 1.32. The summed E-state index contributed by atoms with van der Waals surface area (Å²) in [4.78, 5) is 46.6. The van der Waals surface area contributed by atoms with Crippen LogP contribution in [0.3, 0.4) is 0 Å². The first-order valence-electron chi connectivity index (χ1n) is 9.33. The second-order valence-corrected chi connectivity index (χ2v) is 7.94. The third-order valence-electron chi connectivity index (χ3n) is 4.59. The maximum Gasteiger partial charge on any atom is 0.262 e. The van der Waals surface area contributed by atoms with E-state index in [2.05, 4.69) is 20.6 Å². The number of fused-ring (bicyclic) bond motifs is 1. The number of carbonyl (C=O) groups is 2. The Kier molecular flexibility index (Phi) is 6.71. The van der Waals surface area contributed by atoms with Crippen molar-refractivity contribution in [2.75, 3.05) is 6.54 Å². The lowest BCUT2D eigenvalue weighted by atomic mass is 10.2. The fraction of sp³-hybridized carbons (Fsp3) is 0.350. The van der Waals surface area contributed by atoms with Gasteiger partial charge in [-0.05, 0) is 37.5 Å². The number of amides is 2. The standard InChI is InChI=1S/C20H23N5O3S/c1-13-14(2)29-19-18(13)20(28)25(12-24-19)11-17(27)22-8-4-6-16(26)23-10-15-5-3-7-21-9-15/h3,5,7,9,12H,4,6,8,10-11H2,1-2H3,(H,22,27)(H,23,26). The van der Waals surface area contributed by atoms with Crippen LogP contribution in [0, 0.1) is 13.8 Å². The van der Waals surface area contributed by atoms with E-state index in [1.807, 2.05) is 26.0 Å². The van der Waals surface area contributed by atoms with Crippen molar-refractivity contribution >= 4 is 33.4 Å². The number of rotatable bonds is 8. The number of aromatic nitrogens is 3. The summed E-state index contributed by atoms with van der Waals surface area (Å²) in [6, 6.07) is 3.71. The lowest BCUT2D eigenvalue weighted by molar-refractivity contribution is -0.123. The van der Waals surface area contributed by atoms with Crippen molar-refractivity contribution < 1.29 is 9.59 Å². The molecular weight excluding hydrogens is 390 g/mol. The van der Waals surface area contributed by atoms with E-state index in [-0.39, 0.29) is 23.9 Å². The number of pyridine rings is 1. The van der Waals surface area contributed by atoms with Gasteiger partial charge in [-0.1, -0.05) is 6.07 Å². The average molecular weight is 414 g/mol. The molecule has 3 aromatic rings. The van der Waals surface area contributed by atoms with E-state index >= 15 is 0 Å². The highest BCUT2D eigenvalue weighted by atomic mass is 32.1. The van der Waals surface area contributed by atoms with E-state index in [1.165, 1.54) is 22.2 Å². The van der Waals surface area contributed by atoms with Gasteiger partial charge in [-0.2, -0.15) is 0 Å². The summed E-state index contributed by atoms with van der Waals surface area (Å²) >= 11 is 1.48. The normalized spacial score (nSPS) is 10.8. The summed E-state index contributed by atoms with van der Waals surface area (Å²) in [6.45, 7) is 4.54. The molecule has 3 heterocycles. The first-order valence-corrected chi connectivity index (χ1v) is 10.1. The van der Waals surface area contributed by atoms with Crippen LogP contribution in [0.25, 0.3) is 10.2 Å². The quantitative estimate of drug-likeness (QED) is 0.547. The van der Waals surface area contributed by atoms with E-state index in [4.69, 9.17) is 0 Å². The Balaban J connectivity index is 1.43. The number of hydrogen-bond donors (Lipinski definition) is 2. The van der Waals surface area contributed by atoms with E-state index in [9.17, 15) is 14.4 Å². The molecule has 3 aromatic heterocycles. The monoisotopic (exact) mass is 413 g/mol. The molecule has 0 unspecified atom stereocenters. The molecule has 29 heavy (non-hydrogen) atoms. The molecule has 0 radical (unpaired) electrons. The molecule has 3 rings (SSSR count). The predicted octanol–water partition coefficient (Wildman–Crippen LogP) is 1.68.